The maximum absolute atomic E-state index is 9.45. The van der Waals surface area contributed by atoms with Crippen LogP contribution in [0.4, 0.5) is 0 Å². The Kier molecular flexibility index (Phi) is 4.87. The summed E-state index contributed by atoms with van der Waals surface area (Å²) in [6.45, 7) is 0. The summed E-state index contributed by atoms with van der Waals surface area (Å²) in [5.41, 5.74) is 3.39. The van der Waals surface area contributed by atoms with E-state index in [1.54, 1.807) is 10.9 Å². The molecule has 0 amide bonds. The van der Waals surface area contributed by atoms with Gasteiger partial charge in [0.1, 0.15) is 23.5 Å². The van der Waals surface area contributed by atoms with Crippen LogP contribution in [0.5, 0.6) is 11.5 Å². The zero-order valence-electron chi connectivity index (χ0n) is 16.5. The van der Waals surface area contributed by atoms with Crippen LogP contribution in [0.1, 0.15) is 18.0 Å². The molecule has 3 aromatic heterocycles. The first-order valence-corrected chi connectivity index (χ1v) is 9.84. The highest BCUT2D eigenvalue weighted by molar-refractivity contribution is 5.89. The van der Waals surface area contributed by atoms with Gasteiger partial charge in [0.25, 0.3) is 0 Å². The van der Waals surface area contributed by atoms with Crippen LogP contribution < -0.4 is 4.74 Å². The van der Waals surface area contributed by atoms with Crippen LogP contribution >= 0.6 is 0 Å². The molecular formula is C24H18N6O. The first-order valence-electron chi connectivity index (χ1n) is 9.84. The van der Waals surface area contributed by atoms with Crippen molar-refractivity contribution in [2.45, 2.75) is 12.5 Å². The summed E-state index contributed by atoms with van der Waals surface area (Å²) in [5.74, 6) is 1.47. The Hall–Kier alpha value is -4.44. The molecule has 0 radical (unpaired) electrons. The molecule has 1 N–H and O–H groups in total. The molecule has 0 aliphatic carbocycles. The van der Waals surface area contributed by atoms with Crippen molar-refractivity contribution < 1.29 is 4.74 Å². The Morgan fingerprint density at radius 1 is 1.03 bits per heavy atom. The monoisotopic (exact) mass is 406 g/mol. The predicted molar refractivity (Wildman–Crippen MR) is 116 cm³/mol. The predicted octanol–water partition coefficient (Wildman–Crippen LogP) is 5.12. The SMILES string of the molecule is N#CCC(c1cccc(Oc2ccccc2)c1)n1cc(-c2ncnc3[nH]ccc23)cn1. The van der Waals surface area contributed by atoms with Gasteiger partial charge in [-0.25, -0.2) is 9.97 Å². The van der Waals surface area contributed by atoms with Gasteiger partial charge in [0.2, 0.25) is 0 Å². The van der Waals surface area contributed by atoms with Gasteiger partial charge in [-0.15, -0.1) is 0 Å². The van der Waals surface area contributed by atoms with Crippen molar-refractivity contribution in [3.05, 3.63) is 91.1 Å². The third-order valence-electron chi connectivity index (χ3n) is 5.05. The summed E-state index contributed by atoms with van der Waals surface area (Å²) in [7, 11) is 0. The van der Waals surface area contributed by atoms with E-state index in [0.29, 0.717) is 5.75 Å². The lowest BCUT2D eigenvalue weighted by Crippen LogP contribution is -2.10. The first-order chi connectivity index (χ1) is 15.3. The summed E-state index contributed by atoms with van der Waals surface area (Å²) < 4.78 is 7.77. The van der Waals surface area contributed by atoms with Crippen molar-refractivity contribution in [1.82, 2.24) is 24.7 Å². The second-order valence-corrected chi connectivity index (χ2v) is 7.04. The molecule has 0 aliphatic heterocycles. The van der Waals surface area contributed by atoms with Crippen LogP contribution in [-0.2, 0) is 0 Å². The van der Waals surface area contributed by atoms with Gasteiger partial charge in [-0.05, 0) is 35.9 Å². The maximum atomic E-state index is 9.45. The Morgan fingerprint density at radius 2 is 1.90 bits per heavy atom. The minimum Gasteiger partial charge on any atom is -0.457 e. The summed E-state index contributed by atoms with van der Waals surface area (Å²) in [4.78, 5) is 11.8. The van der Waals surface area contributed by atoms with Crippen molar-refractivity contribution in [3.8, 4) is 28.8 Å². The van der Waals surface area contributed by atoms with Crippen molar-refractivity contribution in [2.24, 2.45) is 0 Å². The van der Waals surface area contributed by atoms with Crippen LogP contribution in [0.2, 0.25) is 0 Å². The summed E-state index contributed by atoms with van der Waals surface area (Å²) >= 11 is 0. The van der Waals surface area contributed by atoms with E-state index in [4.69, 9.17) is 4.74 Å². The van der Waals surface area contributed by atoms with Crippen molar-refractivity contribution in [3.63, 3.8) is 0 Å². The smallest absolute Gasteiger partial charge is 0.141 e. The van der Waals surface area contributed by atoms with E-state index in [-0.39, 0.29) is 12.5 Å². The van der Waals surface area contributed by atoms with Gasteiger partial charge in [0, 0.05) is 23.3 Å². The first kappa shape index (κ1) is 18.6. The van der Waals surface area contributed by atoms with Gasteiger partial charge in [-0.1, -0.05) is 30.3 Å². The van der Waals surface area contributed by atoms with E-state index in [2.05, 4.69) is 26.1 Å². The molecule has 0 saturated carbocycles. The van der Waals surface area contributed by atoms with Gasteiger partial charge in [0.05, 0.1) is 30.4 Å². The maximum Gasteiger partial charge on any atom is 0.141 e. The van der Waals surface area contributed by atoms with Crippen LogP contribution in [0.25, 0.3) is 22.3 Å². The number of aromatic amines is 1. The molecule has 0 spiro atoms. The third kappa shape index (κ3) is 3.74. The molecular weight excluding hydrogens is 388 g/mol. The molecule has 31 heavy (non-hydrogen) atoms. The number of nitrogens with zero attached hydrogens (tertiary/aromatic N) is 5. The average Bonchev–Trinajstić information content (AvgIpc) is 3.48. The molecule has 7 nitrogen and oxygen atoms in total. The number of hydrogen-bond acceptors (Lipinski definition) is 5. The highest BCUT2D eigenvalue weighted by Crippen LogP contribution is 2.30. The third-order valence-corrected chi connectivity index (χ3v) is 5.05. The number of H-pyrrole nitrogens is 1. The number of rotatable bonds is 6. The number of nitriles is 1. The standard InChI is InChI=1S/C24H18N6O/c25-11-9-22(17-5-4-8-20(13-17)31-19-6-2-1-3-7-19)30-15-18(14-29-30)23-21-10-12-26-24(21)28-16-27-23/h1-8,10,12-16,22H,9H2,(H,26,27,28). The number of aromatic nitrogens is 5. The second kappa shape index (κ2) is 8.13. The van der Waals surface area contributed by atoms with Gasteiger partial charge < -0.3 is 9.72 Å². The fourth-order valence-corrected chi connectivity index (χ4v) is 3.59. The van der Waals surface area contributed by atoms with E-state index in [9.17, 15) is 5.26 Å². The number of para-hydroxylation sites is 1. The normalized spacial score (nSPS) is 11.8. The van der Waals surface area contributed by atoms with Crippen LogP contribution in [0, 0.1) is 11.3 Å². The Labute approximate surface area is 178 Å². The zero-order valence-corrected chi connectivity index (χ0v) is 16.5. The average molecular weight is 406 g/mol. The molecule has 5 aromatic rings. The Morgan fingerprint density at radius 3 is 2.77 bits per heavy atom. The summed E-state index contributed by atoms with van der Waals surface area (Å²) in [5, 5.41) is 14.9. The Balaban J connectivity index is 1.48. The number of fused-ring (bicyclic) bond motifs is 1. The number of ether oxygens (including phenoxy) is 1. The quantitative estimate of drug-likeness (QED) is 0.423. The summed E-state index contributed by atoms with van der Waals surface area (Å²) in [6.07, 6.45) is 7.33. The molecule has 1 unspecified atom stereocenters. The van der Waals surface area contributed by atoms with Crippen LogP contribution in [0.3, 0.4) is 0 Å². The molecule has 5 rings (SSSR count). The highest BCUT2D eigenvalue weighted by Gasteiger charge is 2.18. The minimum absolute atomic E-state index is 0.248. The lowest BCUT2D eigenvalue weighted by molar-refractivity contribution is 0.477. The van der Waals surface area contributed by atoms with Gasteiger partial charge >= 0.3 is 0 Å². The molecule has 7 heteroatoms. The molecule has 3 heterocycles. The second-order valence-electron chi connectivity index (χ2n) is 7.04. The fraction of sp³-hybridized carbons (Fsp3) is 0.0833. The van der Waals surface area contributed by atoms with Crippen LogP contribution in [-0.4, -0.2) is 24.7 Å². The molecule has 2 aromatic carbocycles. The molecule has 150 valence electrons. The molecule has 0 aliphatic rings. The highest BCUT2D eigenvalue weighted by atomic mass is 16.5. The van der Waals surface area contributed by atoms with E-state index in [1.807, 2.05) is 73.1 Å². The van der Waals surface area contributed by atoms with Gasteiger partial charge in [-0.2, -0.15) is 10.4 Å². The lowest BCUT2D eigenvalue weighted by atomic mass is 10.0. The van der Waals surface area contributed by atoms with Gasteiger partial charge in [0.15, 0.2) is 0 Å². The molecule has 0 fully saturated rings. The van der Waals surface area contributed by atoms with E-state index in [0.717, 1.165) is 33.6 Å². The zero-order chi connectivity index (χ0) is 21.0. The van der Waals surface area contributed by atoms with Crippen molar-refractivity contribution in [1.29, 1.82) is 5.26 Å². The number of nitrogens with one attached hydrogen (secondary N) is 1. The topological polar surface area (TPSA) is 92.4 Å². The van der Waals surface area contributed by atoms with E-state index in [1.165, 1.54) is 6.33 Å². The van der Waals surface area contributed by atoms with E-state index < -0.39 is 0 Å². The van der Waals surface area contributed by atoms with Crippen LogP contribution in [0.15, 0.2) is 85.6 Å². The Bertz CT molecular complexity index is 1370. The van der Waals surface area contributed by atoms with Gasteiger partial charge in [-0.3, -0.25) is 4.68 Å². The molecule has 0 bridgehead atoms. The number of hydrogen-bond donors (Lipinski definition) is 1. The molecule has 0 saturated heterocycles. The van der Waals surface area contributed by atoms with Crippen molar-refractivity contribution in [2.75, 3.05) is 0 Å². The minimum atomic E-state index is -0.248. The molecule has 1 atom stereocenters. The van der Waals surface area contributed by atoms with Crippen molar-refractivity contribution >= 4 is 11.0 Å². The largest absolute Gasteiger partial charge is 0.457 e. The summed E-state index contributed by atoms with van der Waals surface area (Å²) in [6, 6.07) is 21.3. The lowest BCUT2D eigenvalue weighted by Gasteiger charge is -2.16. The fourth-order valence-electron chi connectivity index (χ4n) is 3.59. The van der Waals surface area contributed by atoms with E-state index >= 15 is 0 Å². The number of benzene rings is 2.